The predicted octanol–water partition coefficient (Wildman–Crippen LogP) is 5.60. The lowest BCUT2D eigenvalue weighted by molar-refractivity contribution is -0.132. The number of fused-ring (bicyclic) bond motifs is 2. The van der Waals surface area contributed by atoms with E-state index in [0.29, 0.717) is 11.1 Å². The van der Waals surface area contributed by atoms with Crippen LogP contribution in [0.5, 0.6) is 0 Å². The molecule has 2 N–H and O–H groups in total. The molecule has 0 unspecified atom stereocenters. The van der Waals surface area contributed by atoms with Crippen LogP contribution in [0.2, 0.25) is 0 Å². The van der Waals surface area contributed by atoms with E-state index in [1.54, 1.807) is 13.8 Å². The van der Waals surface area contributed by atoms with Crippen LogP contribution in [-0.4, -0.2) is 16.0 Å². The lowest BCUT2D eigenvalue weighted by Gasteiger charge is -2.25. The van der Waals surface area contributed by atoms with E-state index in [9.17, 15) is 15.0 Å². The van der Waals surface area contributed by atoms with Gasteiger partial charge in [0.1, 0.15) is 5.78 Å². The fourth-order valence-corrected chi connectivity index (χ4v) is 4.09. The molecule has 152 valence electrons. The van der Waals surface area contributed by atoms with Gasteiger partial charge in [0.15, 0.2) is 0 Å². The standard InChI is InChI=1S/C27H26O3/c1-17(26(29)23-13-11-19-7-3-5-9-21(19)15-23)25(28)18(2)27(30)24-14-12-20-8-4-6-10-22(20)16-24/h3-18,26-27,29-30H,1-2H3/t17-,18-,26-,27-/m1/s1. The van der Waals surface area contributed by atoms with Gasteiger partial charge in [-0.3, -0.25) is 4.79 Å². The van der Waals surface area contributed by atoms with Gasteiger partial charge < -0.3 is 10.2 Å². The summed E-state index contributed by atoms with van der Waals surface area (Å²) < 4.78 is 0. The molecule has 3 heteroatoms. The average Bonchev–Trinajstić information content (AvgIpc) is 2.81. The second-order valence-corrected chi connectivity index (χ2v) is 8.08. The second-order valence-electron chi connectivity index (χ2n) is 8.08. The van der Waals surface area contributed by atoms with Gasteiger partial charge in [-0.15, -0.1) is 0 Å². The molecule has 3 nitrogen and oxygen atoms in total. The van der Waals surface area contributed by atoms with E-state index in [2.05, 4.69) is 0 Å². The number of hydrogen-bond donors (Lipinski definition) is 2. The van der Waals surface area contributed by atoms with Crippen LogP contribution < -0.4 is 0 Å². The molecule has 0 aliphatic rings. The molecule has 4 aromatic carbocycles. The van der Waals surface area contributed by atoms with Gasteiger partial charge in [0, 0.05) is 11.8 Å². The SMILES string of the molecule is C[C@H](C(=O)[C@@H](C)[C@@H](O)c1ccc2ccccc2c1)[C@@H](O)c1ccc2ccccc2c1. The van der Waals surface area contributed by atoms with Crippen molar-refractivity contribution in [2.24, 2.45) is 11.8 Å². The first-order valence-corrected chi connectivity index (χ1v) is 10.3. The van der Waals surface area contributed by atoms with Crippen LogP contribution in [0.25, 0.3) is 21.5 Å². The molecule has 0 aromatic heterocycles. The third kappa shape index (κ3) is 3.87. The fraction of sp³-hybridized carbons (Fsp3) is 0.222. The Morgan fingerprint density at radius 2 is 0.967 bits per heavy atom. The first-order chi connectivity index (χ1) is 14.5. The summed E-state index contributed by atoms with van der Waals surface area (Å²) >= 11 is 0. The highest BCUT2D eigenvalue weighted by molar-refractivity contribution is 5.86. The second kappa shape index (κ2) is 8.39. The van der Waals surface area contributed by atoms with Crippen LogP contribution in [0, 0.1) is 11.8 Å². The highest BCUT2D eigenvalue weighted by Crippen LogP contribution is 2.32. The Morgan fingerprint density at radius 1 is 0.600 bits per heavy atom. The number of hydrogen-bond acceptors (Lipinski definition) is 3. The smallest absolute Gasteiger partial charge is 0.144 e. The Morgan fingerprint density at radius 3 is 1.37 bits per heavy atom. The molecule has 0 spiro atoms. The van der Waals surface area contributed by atoms with Gasteiger partial charge in [-0.1, -0.05) is 86.6 Å². The number of carbonyl (C=O) groups is 1. The van der Waals surface area contributed by atoms with Crippen LogP contribution in [0.1, 0.15) is 37.2 Å². The molecule has 0 saturated carbocycles. The third-order valence-electron chi connectivity index (χ3n) is 6.07. The van der Waals surface area contributed by atoms with E-state index in [4.69, 9.17) is 0 Å². The minimum absolute atomic E-state index is 0.156. The maximum Gasteiger partial charge on any atom is 0.144 e. The maximum absolute atomic E-state index is 13.1. The molecule has 0 heterocycles. The lowest BCUT2D eigenvalue weighted by atomic mass is 9.83. The number of ketones is 1. The van der Waals surface area contributed by atoms with Crippen molar-refractivity contribution in [2.45, 2.75) is 26.1 Å². The minimum Gasteiger partial charge on any atom is -0.388 e. The summed E-state index contributed by atoms with van der Waals surface area (Å²) in [6.07, 6.45) is -1.85. The van der Waals surface area contributed by atoms with E-state index in [0.717, 1.165) is 21.5 Å². The topological polar surface area (TPSA) is 57.5 Å². The molecule has 0 aliphatic carbocycles. The molecule has 0 aliphatic heterocycles. The predicted molar refractivity (Wildman–Crippen MR) is 121 cm³/mol. The quantitative estimate of drug-likeness (QED) is 0.444. The Hall–Kier alpha value is -3.01. The van der Waals surface area contributed by atoms with Crippen molar-refractivity contribution in [2.75, 3.05) is 0 Å². The summed E-state index contributed by atoms with van der Waals surface area (Å²) in [5, 5.41) is 26.0. The van der Waals surface area contributed by atoms with Gasteiger partial charge in [-0.25, -0.2) is 0 Å². The molecule has 0 bridgehead atoms. The summed E-state index contributed by atoms with van der Waals surface area (Å²) in [5.74, 6) is -1.41. The summed E-state index contributed by atoms with van der Waals surface area (Å²) in [6, 6.07) is 27.4. The van der Waals surface area contributed by atoms with Crippen molar-refractivity contribution < 1.29 is 15.0 Å². The van der Waals surface area contributed by atoms with Crippen LogP contribution in [0.15, 0.2) is 84.9 Å². The van der Waals surface area contributed by atoms with Gasteiger partial charge >= 0.3 is 0 Å². The van der Waals surface area contributed by atoms with Crippen LogP contribution in [0.3, 0.4) is 0 Å². The van der Waals surface area contributed by atoms with Gasteiger partial charge in [0.2, 0.25) is 0 Å². The first-order valence-electron chi connectivity index (χ1n) is 10.3. The molecule has 4 aromatic rings. The number of carbonyl (C=O) groups excluding carboxylic acids is 1. The number of Topliss-reactive ketones (excluding diaryl/α,β-unsaturated/α-hetero) is 1. The van der Waals surface area contributed by atoms with Crippen molar-refractivity contribution >= 4 is 27.3 Å². The first kappa shape index (κ1) is 20.3. The number of benzene rings is 4. The number of rotatable bonds is 6. The lowest BCUT2D eigenvalue weighted by Crippen LogP contribution is -2.28. The molecule has 30 heavy (non-hydrogen) atoms. The largest absolute Gasteiger partial charge is 0.388 e. The van der Waals surface area contributed by atoms with Crippen molar-refractivity contribution in [1.29, 1.82) is 0 Å². The van der Waals surface area contributed by atoms with Gasteiger partial charge in [-0.2, -0.15) is 0 Å². The van der Waals surface area contributed by atoms with E-state index in [-0.39, 0.29) is 5.78 Å². The highest BCUT2D eigenvalue weighted by atomic mass is 16.3. The van der Waals surface area contributed by atoms with E-state index in [1.807, 2.05) is 84.9 Å². The minimum atomic E-state index is -0.923. The van der Waals surface area contributed by atoms with Gasteiger partial charge in [0.05, 0.1) is 12.2 Å². The third-order valence-corrected chi connectivity index (χ3v) is 6.07. The average molecular weight is 399 g/mol. The summed E-state index contributed by atoms with van der Waals surface area (Å²) in [5.41, 5.74) is 1.42. The Labute approximate surface area is 176 Å². The van der Waals surface area contributed by atoms with Gasteiger partial charge in [0.25, 0.3) is 0 Å². The number of aliphatic hydroxyl groups excluding tert-OH is 2. The normalized spacial score (nSPS) is 15.6. The summed E-state index contributed by atoms with van der Waals surface area (Å²) in [4.78, 5) is 13.1. The molecule has 0 amide bonds. The monoisotopic (exact) mass is 398 g/mol. The van der Waals surface area contributed by atoms with Gasteiger partial charge in [-0.05, 0) is 44.8 Å². The zero-order chi connectivity index (χ0) is 21.3. The molecule has 0 radical (unpaired) electrons. The summed E-state index contributed by atoms with van der Waals surface area (Å²) in [6.45, 7) is 3.46. The Balaban J connectivity index is 1.53. The molecule has 0 fully saturated rings. The highest BCUT2D eigenvalue weighted by Gasteiger charge is 2.31. The zero-order valence-corrected chi connectivity index (χ0v) is 17.2. The molecule has 0 saturated heterocycles. The molecular weight excluding hydrogens is 372 g/mol. The maximum atomic E-state index is 13.1. The van der Waals surface area contributed by atoms with Crippen LogP contribution in [-0.2, 0) is 4.79 Å². The van der Waals surface area contributed by atoms with Crippen LogP contribution >= 0.6 is 0 Å². The van der Waals surface area contributed by atoms with E-state index >= 15 is 0 Å². The number of aliphatic hydroxyl groups is 2. The van der Waals surface area contributed by atoms with Crippen molar-refractivity contribution in [3.8, 4) is 0 Å². The van der Waals surface area contributed by atoms with Crippen molar-refractivity contribution in [3.63, 3.8) is 0 Å². The fourth-order valence-electron chi connectivity index (χ4n) is 4.09. The van der Waals surface area contributed by atoms with Crippen LogP contribution in [0.4, 0.5) is 0 Å². The Bertz CT molecular complexity index is 1100. The Kier molecular flexibility index (Phi) is 5.67. The van der Waals surface area contributed by atoms with E-state index in [1.165, 1.54) is 0 Å². The summed E-state index contributed by atoms with van der Waals surface area (Å²) in [7, 11) is 0. The molecular formula is C27H26O3. The van der Waals surface area contributed by atoms with Crippen molar-refractivity contribution in [3.05, 3.63) is 96.1 Å². The van der Waals surface area contributed by atoms with E-state index < -0.39 is 24.0 Å². The molecule has 4 atom stereocenters. The molecule has 4 rings (SSSR count). The van der Waals surface area contributed by atoms with Crippen molar-refractivity contribution in [1.82, 2.24) is 0 Å². The zero-order valence-electron chi connectivity index (χ0n) is 17.2.